The van der Waals surface area contributed by atoms with Crippen molar-refractivity contribution in [1.82, 2.24) is 10.9 Å². The van der Waals surface area contributed by atoms with Crippen LogP contribution in [0.4, 0.5) is 10.1 Å². The van der Waals surface area contributed by atoms with Gasteiger partial charge in [0, 0.05) is 11.3 Å². The molecule has 2 aromatic rings. The molecule has 0 aliphatic rings. The number of unbranched alkanes of at least 4 members (excludes halogenated alkanes) is 1. The van der Waals surface area contributed by atoms with Crippen molar-refractivity contribution in [2.45, 2.75) is 26.7 Å². The molecule has 6 nitrogen and oxygen atoms in total. The van der Waals surface area contributed by atoms with Crippen LogP contribution in [0, 0.1) is 12.7 Å². The highest BCUT2D eigenvalue weighted by Crippen LogP contribution is 2.28. The van der Waals surface area contributed by atoms with Crippen LogP contribution < -0.4 is 25.6 Å². The van der Waals surface area contributed by atoms with E-state index >= 15 is 0 Å². The SMILES string of the molecule is CCCCOc1ccc(C(=O)NNC(=S)Nc2ccc(C)c(F)c2)cc1OC. The summed E-state index contributed by atoms with van der Waals surface area (Å²) in [6.07, 6.45) is 1.96. The maximum absolute atomic E-state index is 13.6. The lowest BCUT2D eigenvalue weighted by Crippen LogP contribution is -2.43. The fourth-order valence-electron chi connectivity index (χ4n) is 2.27. The number of thiocarbonyl (C=S) groups is 1. The summed E-state index contributed by atoms with van der Waals surface area (Å²) in [5, 5.41) is 2.93. The van der Waals surface area contributed by atoms with E-state index in [-0.39, 0.29) is 10.9 Å². The van der Waals surface area contributed by atoms with Crippen LogP contribution in [0.15, 0.2) is 36.4 Å². The minimum atomic E-state index is -0.405. The fraction of sp³-hybridized carbons (Fsp3) is 0.300. The van der Waals surface area contributed by atoms with Crippen molar-refractivity contribution in [3.8, 4) is 11.5 Å². The number of carbonyl (C=O) groups is 1. The minimum Gasteiger partial charge on any atom is -0.493 e. The maximum atomic E-state index is 13.6. The first-order valence-corrected chi connectivity index (χ1v) is 9.29. The summed E-state index contributed by atoms with van der Waals surface area (Å²) in [5.41, 5.74) is 6.45. The Morgan fingerprint density at radius 3 is 2.61 bits per heavy atom. The molecule has 0 unspecified atom stereocenters. The summed E-state index contributed by atoms with van der Waals surface area (Å²) in [6, 6.07) is 9.56. The molecule has 0 radical (unpaired) electrons. The van der Waals surface area contributed by atoms with E-state index in [9.17, 15) is 9.18 Å². The number of methoxy groups -OCH3 is 1. The molecular formula is C20H24FN3O3S. The van der Waals surface area contributed by atoms with E-state index in [0.717, 1.165) is 12.8 Å². The van der Waals surface area contributed by atoms with Gasteiger partial charge in [-0.2, -0.15) is 0 Å². The lowest BCUT2D eigenvalue weighted by molar-refractivity contribution is 0.0943. The van der Waals surface area contributed by atoms with E-state index < -0.39 is 5.91 Å². The summed E-state index contributed by atoms with van der Waals surface area (Å²) in [5.74, 6) is 0.307. The van der Waals surface area contributed by atoms with Gasteiger partial charge in [-0.1, -0.05) is 19.4 Å². The fourth-order valence-corrected chi connectivity index (χ4v) is 2.44. The second kappa shape index (κ2) is 10.5. The molecule has 1 amide bonds. The first-order valence-electron chi connectivity index (χ1n) is 8.89. The number of anilines is 1. The average Bonchev–Trinajstić information content (AvgIpc) is 2.69. The number of aryl methyl sites for hydroxylation is 1. The quantitative estimate of drug-likeness (QED) is 0.368. The smallest absolute Gasteiger partial charge is 0.269 e. The molecule has 0 aliphatic carbocycles. The summed E-state index contributed by atoms with van der Waals surface area (Å²) >= 11 is 5.11. The number of benzene rings is 2. The van der Waals surface area contributed by atoms with Gasteiger partial charge in [-0.05, 0) is 61.5 Å². The number of hydrogen-bond donors (Lipinski definition) is 3. The molecule has 150 valence electrons. The van der Waals surface area contributed by atoms with Gasteiger partial charge in [0.1, 0.15) is 5.82 Å². The summed E-state index contributed by atoms with van der Waals surface area (Å²) in [4.78, 5) is 12.3. The monoisotopic (exact) mass is 405 g/mol. The van der Waals surface area contributed by atoms with Crippen LogP contribution >= 0.6 is 12.2 Å². The molecule has 28 heavy (non-hydrogen) atoms. The van der Waals surface area contributed by atoms with Crippen LogP contribution in [-0.2, 0) is 0 Å². The molecule has 2 aromatic carbocycles. The van der Waals surface area contributed by atoms with Crippen molar-refractivity contribution >= 4 is 28.9 Å². The number of rotatable bonds is 7. The van der Waals surface area contributed by atoms with Crippen LogP contribution in [0.25, 0.3) is 0 Å². The predicted octanol–water partition coefficient (Wildman–Crippen LogP) is 3.95. The Morgan fingerprint density at radius 1 is 1.14 bits per heavy atom. The molecule has 8 heteroatoms. The third-order valence-electron chi connectivity index (χ3n) is 3.90. The first-order chi connectivity index (χ1) is 13.4. The van der Waals surface area contributed by atoms with Crippen molar-refractivity contribution in [3.63, 3.8) is 0 Å². The van der Waals surface area contributed by atoms with Gasteiger partial charge in [-0.25, -0.2) is 4.39 Å². The van der Waals surface area contributed by atoms with Crippen molar-refractivity contribution in [1.29, 1.82) is 0 Å². The molecule has 0 heterocycles. The average molecular weight is 405 g/mol. The number of ether oxygens (including phenoxy) is 2. The van der Waals surface area contributed by atoms with Gasteiger partial charge in [-0.3, -0.25) is 15.6 Å². The normalized spacial score (nSPS) is 10.1. The van der Waals surface area contributed by atoms with Crippen LogP contribution in [0.5, 0.6) is 11.5 Å². The number of hydrazine groups is 1. The van der Waals surface area contributed by atoms with E-state index in [0.29, 0.717) is 34.9 Å². The third kappa shape index (κ3) is 6.09. The van der Waals surface area contributed by atoms with Crippen molar-refractivity contribution in [3.05, 3.63) is 53.3 Å². The van der Waals surface area contributed by atoms with E-state index in [2.05, 4.69) is 23.1 Å². The Hall–Kier alpha value is -2.87. The Kier molecular flexibility index (Phi) is 8.01. The van der Waals surface area contributed by atoms with Crippen LogP contribution in [-0.4, -0.2) is 24.7 Å². The molecule has 0 saturated heterocycles. The largest absolute Gasteiger partial charge is 0.493 e. The van der Waals surface area contributed by atoms with E-state index in [1.807, 2.05) is 0 Å². The van der Waals surface area contributed by atoms with Crippen LogP contribution in [0.2, 0.25) is 0 Å². The maximum Gasteiger partial charge on any atom is 0.269 e. The van der Waals surface area contributed by atoms with Gasteiger partial charge >= 0.3 is 0 Å². The number of halogens is 1. The zero-order chi connectivity index (χ0) is 20.5. The molecule has 0 atom stereocenters. The number of hydrogen-bond acceptors (Lipinski definition) is 4. The Bertz CT molecular complexity index is 845. The second-order valence-corrected chi connectivity index (χ2v) is 6.47. The lowest BCUT2D eigenvalue weighted by atomic mass is 10.2. The van der Waals surface area contributed by atoms with Gasteiger partial charge in [-0.15, -0.1) is 0 Å². The highest BCUT2D eigenvalue weighted by Gasteiger charge is 2.12. The highest BCUT2D eigenvalue weighted by molar-refractivity contribution is 7.80. The Labute approximate surface area is 169 Å². The number of amides is 1. The number of carbonyl (C=O) groups excluding carboxylic acids is 1. The Balaban J connectivity index is 1.92. The molecule has 2 rings (SSSR count). The molecule has 0 aliphatic heterocycles. The van der Waals surface area contributed by atoms with E-state index in [4.69, 9.17) is 21.7 Å². The zero-order valence-corrected chi connectivity index (χ0v) is 16.9. The van der Waals surface area contributed by atoms with Gasteiger partial charge < -0.3 is 14.8 Å². The number of nitrogens with one attached hydrogen (secondary N) is 3. The van der Waals surface area contributed by atoms with Crippen molar-refractivity contribution in [2.24, 2.45) is 0 Å². The molecule has 3 N–H and O–H groups in total. The third-order valence-corrected chi connectivity index (χ3v) is 4.10. The standard InChI is InChI=1S/C20H24FN3O3S/c1-4-5-10-27-17-9-7-14(11-18(17)26-3)19(25)23-24-20(28)22-15-8-6-13(2)16(21)12-15/h6-9,11-12H,4-5,10H2,1-3H3,(H,23,25)(H2,22,24,28). The van der Waals surface area contributed by atoms with Crippen molar-refractivity contribution < 1.29 is 18.7 Å². The van der Waals surface area contributed by atoms with Crippen LogP contribution in [0.3, 0.4) is 0 Å². The summed E-state index contributed by atoms with van der Waals surface area (Å²) in [6.45, 7) is 4.33. The van der Waals surface area contributed by atoms with Gasteiger partial charge in [0.2, 0.25) is 0 Å². The second-order valence-electron chi connectivity index (χ2n) is 6.06. The first kappa shape index (κ1) is 21.4. The van der Waals surface area contributed by atoms with E-state index in [1.54, 1.807) is 37.3 Å². The summed E-state index contributed by atoms with van der Waals surface area (Å²) in [7, 11) is 1.52. The predicted molar refractivity (Wildman–Crippen MR) is 111 cm³/mol. The zero-order valence-electron chi connectivity index (χ0n) is 16.1. The molecule has 0 spiro atoms. The van der Waals surface area contributed by atoms with Crippen molar-refractivity contribution in [2.75, 3.05) is 19.0 Å². The van der Waals surface area contributed by atoms with Crippen LogP contribution in [0.1, 0.15) is 35.7 Å². The Morgan fingerprint density at radius 2 is 1.93 bits per heavy atom. The van der Waals surface area contributed by atoms with E-state index in [1.165, 1.54) is 13.2 Å². The topological polar surface area (TPSA) is 71.6 Å². The van der Waals surface area contributed by atoms with Gasteiger partial charge in [0.05, 0.1) is 13.7 Å². The molecule has 0 saturated carbocycles. The highest BCUT2D eigenvalue weighted by atomic mass is 32.1. The molecule has 0 fully saturated rings. The molecular weight excluding hydrogens is 381 g/mol. The molecule has 0 aromatic heterocycles. The lowest BCUT2D eigenvalue weighted by Gasteiger charge is -2.14. The summed E-state index contributed by atoms with van der Waals surface area (Å²) < 4.78 is 24.5. The van der Waals surface area contributed by atoms with Gasteiger partial charge in [0.15, 0.2) is 16.6 Å². The minimum absolute atomic E-state index is 0.128. The van der Waals surface area contributed by atoms with Gasteiger partial charge in [0.25, 0.3) is 5.91 Å². The molecule has 0 bridgehead atoms.